The van der Waals surface area contributed by atoms with Gasteiger partial charge in [-0.1, -0.05) is 0 Å². The molecule has 4 nitrogen and oxygen atoms in total. The van der Waals surface area contributed by atoms with E-state index in [1.165, 1.54) is 0 Å². The predicted octanol–water partition coefficient (Wildman–Crippen LogP) is 3.13. The fourth-order valence-electron chi connectivity index (χ4n) is 2.33. The summed E-state index contributed by atoms with van der Waals surface area (Å²) in [6.07, 6.45) is 1.65. The van der Waals surface area contributed by atoms with Gasteiger partial charge in [-0.2, -0.15) is 0 Å². The van der Waals surface area contributed by atoms with Crippen LogP contribution in [-0.2, 0) is 4.79 Å². The number of benzene rings is 1. The van der Waals surface area contributed by atoms with Gasteiger partial charge >= 0.3 is 5.97 Å². The molecule has 1 aromatic carbocycles. The van der Waals surface area contributed by atoms with Gasteiger partial charge in [-0.15, -0.1) is 0 Å². The summed E-state index contributed by atoms with van der Waals surface area (Å²) in [7, 11) is 0. The van der Waals surface area contributed by atoms with Crippen LogP contribution in [-0.4, -0.2) is 34.5 Å². The molecule has 1 atom stereocenters. The lowest BCUT2D eigenvalue weighted by Gasteiger charge is -2.24. The maximum absolute atomic E-state index is 12.5. The van der Waals surface area contributed by atoms with Crippen LogP contribution in [0.5, 0.6) is 0 Å². The summed E-state index contributed by atoms with van der Waals surface area (Å²) in [5, 5.41) is 8.89. The summed E-state index contributed by atoms with van der Waals surface area (Å²) >= 11 is 5.54. The van der Waals surface area contributed by atoms with Crippen molar-refractivity contribution in [1.29, 1.82) is 0 Å². The van der Waals surface area contributed by atoms with Gasteiger partial charge in [-0.25, -0.2) is 0 Å². The van der Waals surface area contributed by atoms with Crippen LogP contribution in [0.2, 0.25) is 0 Å². The average molecular weight is 438 g/mol. The van der Waals surface area contributed by atoms with Crippen molar-refractivity contribution >= 4 is 50.4 Å². The maximum Gasteiger partial charge on any atom is 0.305 e. The third-order valence-electron chi connectivity index (χ3n) is 3.21. The van der Waals surface area contributed by atoms with E-state index in [-0.39, 0.29) is 18.4 Å². The van der Waals surface area contributed by atoms with E-state index in [1.54, 1.807) is 4.90 Å². The molecule has 0 bridgehead atoms. The molecule has 1 saturated heterocycles. The summed E-state index contributed by atoms with van der Waals surface area (Å²) in [6, 6.07) is 5.40. The third-order valence-corrected chi connectivity index (χ3v) is 4.57. The molecule has 1 unspecified atom stereocenters. The zero-order valence-corrected chi connectivity index (χ0v) is 13.8. The van der Waals surface area contributed by atoms with E-state index in [4.69, 9.17) is 5.11 Å². The molecule has 1 N–H and O–H groups in total. The zero-order valence-electron chi connectivity index (χ0n) is 10.1. The number of likely N-dealkylation sites (tertiary alicyclic amines) is 1. The topological polar surface area (TPSA) is 57.6 Å². The van der Waals surface area contributed by atoms with Gasteiger partial charge in [0.25, 0.3) is 5.91 Å². The lowest BCUT2D eigenvalue weighted by atomic mass is 10.1. The lowest BCUT2D eigenvalue weighted by Crippen LogP contribution is -2.37. The number of rotatable bonds is 3. The normalized spacial score (nSPS) is 18.6. The molecular weight excluding hydrogens is 425 g/mol. The van der Waals surface area contributed by atoms with Gasteiger partial charge in [0, 0.05) is 20.6 Å². The number of carboxylic acids is 1. The molecule has 19 heavy (non-hydrogen) atoms. The molecule has 1 amide bonds. The maximum atomic E-state index is 12.5. The second-order valence-electron chi connectivity index (χ2n) is 4.52. The molecule has 1 aliphatic rings. The Kier molecular flexibility index (Phi) is 4.83. The molecule has 0 aromatic heterocycles. The van der Waals surface area contributed by atoms with Crippen molar-refractivity contribution in [1.82, 2.24) is 4.90 Å². The van der Waals surface area contributed by atoms with Crippen molar-refractivity contribution in [3.05, 3.63) is 31.8 Å². The van der Waals surface area contributed by atoms with E-state index in [2.05, 4.69) is 38.5 Å². The summed E-state index contributed by atoms with van der Waals surface area (Å²) in [5.41, 5.74) is 0.601. The average Bonchev–Trinajstić information content (AvgIpc) is 2.78. The molecule has 1 heterocycles. The lowest BCUT2D eigenvalue weighted by molar-refractivity contribution is -0.137. The Hall–Kier alpha value is -0.630. The van der Waals surface area contributed by atoms with Crippen molar-refractivity contribution in [2.75, 3.05) is 6.54 Å². The zero-order chi connectivity index (χ0) is 14.0. The van der Waals surface area contributed by atoms with Crippen LogP contribution < -0.4 is 0 Å². The van der Waals surface area contributed by atoms with Crippen LogP contribution in [0.25, 0.3) is 0 Å². The molecule has 6 heteroatoms. The number of carboxylic acid groups (broad SMARTS) is 1. The number of hydrogen-bond donors (Lipinski definition) is 1. The Labute approximate surface area is 133 Å². The van der Waals surface area contributed by atoms with Crippen LogP contribution in [0.1, 0.15) is 29.6 Å². The third kappa shape index (κ3) is 3.47. The second-order valence-corrected chi connectivity index (χ2v) is 6.62. The van der Waals surface area contributed by atoms with Gasteiger partial charge in [0.15, 0.2) is 0 Å². The fourth-order valence-corrected chi connectivity index (χ4v) is 3.24. The Balaban J connectivity index is 2.23. The minimum Gasteiger partial charge on any atom is -0.481 e. The Bertz CT molecular complexity index is 521. The van der Waals surface area contributed by atoms with E-state index in [0.717, 1.165) is 20.9 Å². The number of hydrogen-bond acceptors (Lipinski definition) is 2. The minimum atomic E-state index is -0.855. The van der Waals surface area contributed by atoms with Gasteiger partial charge in [-0.05, 0) is 69.6 Å². The van der Waals surface area contributed by atoms with E-state index >= 15 is 0 Å². The number of amides is 1. The highest BCUT2D eigenvalue weighted by Crippen LogP contribution is 2.26. The van der Waals surface area contributed by atoms with Gasteiger partial charge in [0.05, 0.1) is 12.0 Å². The summed E-state index contributed by atoms with van der Waals surface area (Å²) in [4.78, 5) is 25.0. The highest BCUT2D eigenvalue weighted by atomic mass is 127. The number of aliphatic carboxylic acids is 1. The smallest absolute Gasteiger partial charge is 0.305 e. The summed E-state index contributed by atoms with van der Waals surface area (Å²) in [6.45, 7) is 0.634. The van der Waals surface area contributed by atoms with Gasteiger partial charge in [0.2, 0.25) is 0 Å². The quantitative estimate of drug-likeness (QED) is 0.739. The Morgan fingerprint density at radius 1 is 1.47 bits per heavy atom. The van der Waals surface area contributed by atoms with Crippen molar-refractivity contribution in [3.63, 3.8) is 0 Å². The van der Waals surface area contributed by atoms with Crippen molar-refractivity contribution < 1.29 is 14.7 Å². The molecule has 0 radical (unpaired) electrons. The monoisotopic (exact) mass is 437 g/mol. The first-order valence-electron chi connectivity index (χ1n) is 5.97. The highest BCUT2D eigenvalue weighted by Gasteiger charge is 2.31. The molecule has 0 saturated carbocycles. The first-order chi connectivity index (χ1) is 8.99. The van der Waals surface area contributed by atoms with E-state index in [1.807, 2.05) is 18.2 Å². The van der Waals surface area contributed by atoms with Crippen LogP contribution in [0.4, 0.5) is 0 Å². The van der Waals surface area contributed by atoms with E-state index in [9.17, 15) is 9.59 Å². The minimum absolute atomic E-state index is 0.0211. The van der Waals surface area contributed by atoms with Crippen LogP contribution in [0.3, 0.4) is 0 Å². The highest BCUT2D eigenvalue weighted by molar-refractivity contribution is 14.1. The van der Waals surface area contributed by atoms with Crippen LogP contribution in [0.15, 0.2) is 22.7 Å². The summed E-state index contributed by atoms with van der Waals surface area (Å²) < 4.78 is 1.73. The first kappa shape index (κ1) is 14.8. The second kappa shape index (κ2) is 6.21. The Morgan fingerprint density at radius 2 is 2.21 bits per heavy atom. The fraction of sp³-hybridized carbons (Fsp3) is 0.385. The first-order valence-corrected chi connectivity index (χ1v) is 7.84. The summed E-state index contributed by atoms with van der Waals surface area (Å²) in [5.74, 6) is -0.944. The molecule has 0 spiro atoms. The molecule has 1 aliphatic heterocycles. The number of carbonyl (C=O) groups is 2. The molecular formula is C13H13BrINO3. The Morgan fingerprint density at radius 3 is 2.89 bits per heavy atom. The number of nitrogens with zero attached hydrogens (tertiary/aromatic N) is 1. The molecule has 1 fully saturated rings. The van der Waals surface area contributed by atoms with Crippen molar-refractivity contribution in [2.45, 2.75) is 25.3 Å². The molecule has 0 aliphatic carbocycles. The molecule has 1 aromatic rings. The predicted molar refractivity (Wildman–Crippen MR) is 83.2 cm³/mol. The SMILES string of the molecule is O=C(O)CC1CCCN1C(=O)c1cc(I)ccc1Br. The number of halogens is 2. The standard InChI is InChI=1S/C13H13BrINO3/c14-11-4-3-8(15)6-10(11)13(19)16-5-1-2-9(16)7-12(17)18/h3-4,6,9H,1-2,5,7H2,(H,17,18). The van der Waals surface area contributed by atoms with Gasteiger partial charge in [0.1, 0.15) is 0 Å². The van der Waals surface area contributed by atoms with Gasteiger partial charge in [-0.3, -0.25) is 9.59 Å². The molecule has 2 rings (SSSR count). The van der Waals surface area contributed by atoms with E-state index in [0.29, 0.717) is 12.1 Å². The van der Waals surface area contributed by atoms with Crippen LogP contribution >= 0.6 is 38.5 Å². The van der Waals surface area contributed by atoms with E-state index < -0.39 is 5.97 Å². The number of carbonyl (C=O) groups excluding carboxylic acids is 1. The molecule has 102 valence electrons. The van der Waals surface area contributed by atoms with Crippen LogP contribution in [0, 0.1) is 3.57 Å². The largest absolute Gasteiger partial charge is 0.481 e. The van der Waals surface area contributed by atoms with Gasteiger partial charge < -0.3 is 10.0 Å². The van der Waals surface area contributed by atoms with Crippen molar-refractivity contribution in [3.8, 4) is 0 Å². The van der Waals surface area contributed by atoms with Crippen molar-refractivity contribution in [2.24, 2.45) is 0 Å².